The van der Waals surface area contributed by atoms with Crippen molar-refractivity contribution in [1.82, 2.24) is 4.31 Å². The third kappa shape index (κ3) is 4.95. The molecule has 0 radical (unpaired) electrons. The molecular formula is C20H20FIN2O6S. The van der Waals surface area contributed by atoms with E-state index < -0.39 is 40.0 Å². The lowest BCUT2D eigenvalue weighted by atomic mass is 10.2. The van der Waals surface area contributed by atoms with Gasteiger partial charge in [-0.05, 0) is 71.1 Å². The number of halogens is 2. The smallest absolute Gasteiger partial charge is 0.252 e. The Hall–Kier alpha value is -1.93. The van der Waals surface area contributed by atoms with E-state index in [1.165, 1.54) is 14.2 Å². The summed E-state index contributed by atoms with van der Waals surface area (Å²) in [5.41, 5.74) is 0.354. The highest BCUT2D eigenvalue weighted by Gasteiger charge is 2.47. The molecule has 2 aromatic carbocycles. The van der Waals surface area contributed by atoms with Gasteiger partial charge < -0.3 is 9.47 Å². The van der Waals surface area contributed by atoms with Crippen LogP contribution in [0.2, 0.25) is 0 Å². The number of methoxy groups -OCH3 is 2. The number of carbonyl (C=O) groups excluding carboxylic acids is 2. The first kappa shape index (κ1) is 23.7. The molecule has 0 bridgehead atoms. The molecule has 1 aliphatic rings. The highest BCUT2D eigenvalue weighted by atomic mass is 127. The second-order valence-electron chi connectivity index (χ2n) is 6.69. The van der Waals surface area contributed by atoms with Crippen molar-refractivity contribution in [3.63, 3.8) is 0 Å². The molecule has 1 heterocycles. The Morgan fingerprint density at radius 1 is 1.10 bits per heavy atom. The van der Waals surface area contributed by atoms with E-state index in [1.54, 1.807) is 24.3 Å². The Labute approximate surface area is 193 Å². The van der Waals surface area contributed by atoms with E-state index in [0.717, 1.165) is 37.0 Å². The molecule has 31 heavy (non-hydrogen) atoms. The number of carbonyl (C=O) groups is 2. The fourth-order valence-electron chi connectivity index (χ4n) is 3.23. The summed E-state index contributed by atoms with van der Waals surface area (Å²) in [4.78, 5) is 26.6. The van der Waals surface area contributed by atoms with Crippen molar-refractivity contribution < 1.29 is 31.9 Å². The lowest BCUT2D eigenvalue weighted by Gasteiger charge is -2.29. The number of benzene rings is 2. The first-order valence-electron chi connectivity index (χ1n) is 9.14. The van der Waals surface area contributed by atoms with Gasteiger partial charge in [-0.25, -0.2) is 17.7 Å². The molecule has 8 nitrogen and oxygen atoms in total. The quantitative estimate of drug-likeness (QED) is 0.279. The first-order chi connectivity index (χ1) is 14.7. The average Bonchev–Trinajstić information content (AvgIpc) is 3.03. The van der Waals surface area contributed by atoms with E-state index in [9.17, 15) is 22.4 Å². The van der Waals surface area contributed by atoms with Gasteiger partial charge in [0.1, 0.15) is 11.9 Å². The molecule has 1 unspecified atom stereocenters. The Morgan fingerprint density at radius 2 is 1.68 bits per heavy atom. The molecule has 0 saturated carbocycles. The number of amides is 2. The zero-order valence-electron chi connectivity index (χ0n) is 16.7. The second kappa shape index (κ2) is 9.69. The van der Waals surface area contributed by atoms with Crippen LogP contribution in [0.15, 0.2) is 53.4 Å². The van der Waals surface area contributed by atoms with Gasteiger partial charge in [-0.3, -0.25) is 9.59 Å². The van der Waals surface area contributed by atoms with Crippen molar-refractivity contribution in [2.24, 2.45) is 0 Å². The van der Waals surface area contributed by atoms with Crippen LogP contribution in [0.25, 0.3) is 0 Å². The average molecular weight is 562 g/mol. The fourth-order valence-corrected chi connectivity index (χ4v) is 5.16. The molecule has 1 aliphatic heterocycles. The molecule has 2 aromatic rings. The topological polar surface area (TPSA) is 93.2 Å². The second-order valence-corrected chi connectivity index (χ2v) is 9.83. The van der Waals surface area contributed by atoms with Crippen molar-refractivity contribution in [1.29, 1.82) is 0 Å². The number of anilines is 1. The maximum Gasteiger partial charge on any atom is 0.252 e. The van der Waals surface area contributed by atoms with Crippen LogP contribution in [0.4, 0.5) is 10.1 Å². The molecule has 0 aliphatic carbocycles. The van der Waals surface area contributed by atoms with E-state index in [1.807, 2.05) is 0 Å². The van der Waals surface area contributed by atoms with Crippen LogP contribution in [-0.2, 0) is 29.1 Å². The Balaban J connectivity index is 2.01. The van der Waals surface area contributed by atoms with Crippen LogP contribution in [-0.4, -0.2) is 57.6 Å². The van der Waals surface area contributed by atoms with Gasteiger partial charge in [0.15, 0.2) is 6.29 Å². The molecular weight excluding hydrogens is 542 g/mol. The molecule has 1 atom stereocenters. The van der Waals surface area contributed by atoms with Gasteiger partial charge in [0.2, 0.25) is 15.9 Å². The summed E-state index contributed by atoms with van der Waals surface area (Å²) < 4.78 is 52.1. The van der Waals surface area contributed by atoms with Gasteiger partial charge in [-0.15, -0.1) is 0 Å². The predicted octanol–water partition coefficient (Wildman–Crippen LogP) is 2.37. The van der Waals surface area contributed by atoms with Gasteiger partial charge in [0.25, 0.3) is 5.91 Å². The minimum absolute atomic E-state index is 0.215. The minimum atomic E-state index is -4.28. The minimum Gasteiger partial charge on any atom is -0.354 e. The van der Waals surface area contributed by atoms with Crippen LogP contribution in [0.3, 0.4) is 0 Å². The summed E-state index contributed by atoms with van der Waals surface area (Å²) in [5.74, 6) is -1.81. The molecule has 11 heteroatoms. The standard InChI is InChI=1S/C20H20FIN2O6S/c1-29-19(30-2)12-23(31(27,28)16-9-3-13(21)4-10-16)17-11-18(25)24(20(17)26)15-7-5-14(22)6-8-15/h3-10,17,19H,11-12H2,1-2H3. The number of rotatable bonds is 8. The summed E-state index contributed by atoms with van der Waals surface area (Å²) >= 11 is 2.10. The van der Waals surface area contributed by atoms with Crippen LogP contribution in [0.1, 0.15) is 6.42 Å². The Kier molecular flexibility index (Phi) is 7.42. The molecule has 2 amide bonds. The highest BCUT2D eigenvalue weighted by molar-refractivity contribution is 14.1. The van der Waals surface area contributed by atoms with E-state index >= 15 is 0 Å². The zero-order valence-corrected chi connectivity index (χ0v) is 19.7. The molecule has 0 N–H and O–H groups in total. The maximum atomic E-state index is 13.3. The molecule has 3 rings (SSSR count). The normalized spacial score (nSPS) is 17.2. The predicted molar refractivity (Wildman–Crippen MR) is 118 cm³/mol. The number of nitrogens with zero attached hydrogens (tertiary/aromatic N) is 2. The number of imide groups is 1. The van der Waals surface area contributed by atoms with Crippen LogP contribution in [0.5, 0.6) is 0 Å². The van der Waals surface area contributed by atoms with Crippen LogP contribution >= 0.6 is 22.6 Å². The first-order valence-corrected chi connectivity index (χ1v) is 11.7. The molecule has 166 valence electrons. The summed E-state index contributed by atoms with van der Waals surface area (Å²) in [6.07, 6.45) is -1.32. The van der Waals surface area contributed by atoms with Gasteiger partial charge in [0, 0.05) is 17.8 Å². The Morgan fingerprint density at radius 3 is 2.23 bits per heavy atom. The Bertz CT molecular complexity index is 1060. The lowest BCUT2D eigenvalue weighted by molar-refractivity contribution is -0.125. The monoisotopic (exact) mass is 562 g/mol. The lowest BCUT2D eigenvalue weighted by Crippen LogP contribution is -2.49. The van der Waals surface area contributed by atoms with Crippen molar-refractivity contribution in [3.8, 4) is 0 Å². The van der Waals surface area contributed by atoms with Crippen LogP contribution < -0.4 is 4.90 Å². The fraction of sp³-hybridized carbons (Fsp3) is 0.300. The van der Waals surface area contributed by atoms with Crippen molar-refractivity contribution in [3.05, 3.63) is 57.9 Å². The van der Waals surface area contributed by atoms with Gasteiger partial charge >= 0.3 is 0 Å². The van der Waals surface area contributed by atoms with Crippen molar-refractivity contribution in [2.45, 2.75) is 23.6 Å². The summed E-state index contributed by atoms with van der Waals surface area (Å²) in [6.45, 7) is -0.336. The summed E-state index contributed by atoms with van der Waals surface area (Å²) in [7, 11) is -1.62. The van der Waals surface area contributed by atoms with E-state index in [-0.39, 0.29) is 17.9 Å². The summed E-state index contributed by atoms with van der Waals surface area (Å²) in [5, 5.41) is 0. The number of sulfonamides is 1. The number of ether oxygens (including phenoxy) is 2. The number of hydrogen-bond donors (Lipinski definition) is 0. The third-order valence-electron chi connectivity index (χ3n) is 4.83. The highest BCUT2D eigenvalue weighted by Crippen LogP contribution is 2.30. The number of hydrogen-bond acceptors (Lipinski definition) is 6. The third-order valence-corrected chi connectivity index (χ3v) is 7.44. The maximum absolute atomic E-state index is 13.3. The zero-order chi connectivity index (χ0) is 22.8. The van der Waals surface area contributed by atoms with Gasteiger partial charge in [-0.2, -0.15) is 4.31 Å². The SMILES string of the molecule is COC(CN(C1CC(=O)N(c2ccc(I)cc2)C1=O)S(=O)(=O)c1ccc(F)cc1)OC. The van der Waals surface area contributed by atoms with E-state index in [2.05, 4.69) is 22.6 Å². The van der Waals surface area contributed by atoms with Gasteiger partial charge in [0.05, 0.1) is 23.5 Å². The van der Waals surface area contributed by atoms with Crippen LogP contribution in [0, 0.1) is 9.39 Å². The largest absolute Gasteiger partial charge is 0.354 e. The summed E-state index contributed by atoms with van der Waals surface area (Å²) in [6, 6.07) is 9.64. The van der Waals surface area contributed by atoms with Gasteiger partial charge in [-0.1, -0.05) is 0 Å². The van der Waals surface area contributed by atoms with E-state index in [0.29, 0.717) is 5.69 Å². The molecule has 0 spiro atoms. The molecule has 1 fully saturated rings. The van der Waals surface area contributed by atoms with Crippen molar-refractivity contribution in [2.75, 3.05) is 25.7 Å². The molecule has 0 aromatic heterocycles. The van der Waals surface area contributed by atoms with E-state index in [4.69, 9.17) is 9.47 Å². The van der Waals surface area contributed by atoms with Crippen molar-refractivity contribution >= 4 is 50.1 Å². The molecule has 1 saturated heterocycles.